The molecule has 1 heterocycles. The molecule has 1 aliphatic heterocycles. The Morgan fingerprint density at radius 2 is 1.89 bits per heavy atom. The number of nitrogens with two attached hydrogens (primary N) is 1. The molecular weight excluding hydrogens is 366 g/mol. The monoisotopic (exact) mass is 389 g/mol. The highest BCUT2D eigenvalue weighted by Gasteiger charge is 2.28. The molecule has 0 unspecified atom stereocenters. The van der Waals surface area contributed by atoms with E-state index in [0.717, 1.165) is 19.3 Å². The summed E-state index contributed by atoms with van der Waals surface area (Å²) in [5.74, 6) is -1.85. The molecule has 3 rings (SSSR count). The van der Waals surface area contributed by atoms with Crippen molar-refractivity contribution in [1.82, 2.24) is 10.6 Å². The summed E-state index contributed by atoms with van der Waals surface area (Å²) < 4.78 is 5.09. The van der Waals surface area contributed by atoms with Gasteiger partial charge in [0.25, 0.3) is 11.8 Å². The Labute approximate surface area is 161 Å². The average Bonchev–Trinajstić information content (AvgIpc) is 2.63. The average molecular weight is 389 g/mol. The van der Waals surface area contributed by atoms with Crippen molar-refractivity contribution in [3.8, 4) is 0 Å². The minimum atomic E-state index is -1.50. The van der Waals surface area contributed by atoms with Gasteiger partial charge in [-0.2, -0.15) is 0 Å². The molecule has 1 saturated carbocycles. The van der Waals surface area contributed by atoms with Crippen LogP contribution < -0.4 is 26.6 Å². The van der Waals surface area contributed by atoms with Crippen molar-refractivity contribution >= 4 is 35.1 Å². The van der Waals surface area contributed by atoms with Crippen molar-refractivity contribution in [3.63, 3.8) is 0 Å². The standard InChI is InChI=1S/C18H23N5O5/c19-16(25)15(22-18(27)21-11-2-1-3-11)17(26)20-12-4-6-13(7-5-12)23-8-9-28-10-14(23)24/h4-7,11,15H,1-3,8-10H2,(H2,19,25)(H,20,26)(H2,21,22,27)/t15-/m0/s1. The maximum absolute atomic E-state index is 12.4. The van der Waals surface area contributed by atoms with Crippen LogP contribution in [0.3, 0.4) is 0 Å². The van der Waals surface area contributed by atoms with Crippen molar-refractivity contribution in [3.05, 3.63) is 24.3 Å². The maximum Gasteiger partial charge on any atom is 0.316 e. The third kappa shape index (κ3) is 4.77. The molecule has 150 valence electrons. The van der Waals surface area contributed by atoms with E-state index in [2.05, 4.69) is 16.0 Å². The number of anilines is 2. The molecule has 2 aliphatic rings. The lowest BCUT2D eigenvalue weighted by Crippen LogP contribution is -2.56. The number of hydrogen-bond donors (Lipinski definition) is 4. The number of benzene rings is 1. The second kappa shape index (κ2) is 8.70. The minimum Gasteiger partial charge on any atom is -0.370 e. The van der Waals surface area contributed by atoms with Gasteiger partial charge in [0.1, 0.15) is 6.61 Å². The van der Waals surface area contributed by atoms with Gasteiger partial charge in [-0.1, -0.05) is 0 Å². The van der Waals surface area contributed by atoms with E-state index in [1.165, 1.54) is 0 Å². The number of primary amides is 1. The van der Waals surface area contributed by atoms with Gasteiger partial charge in [0.15, 0.2) is 6.04 Å². The second-order valence-corrected chi connectivity index (χ2v) is 6.72. The van der Waals surface area contributed by atoms with Crippen molar-refractivity contribution in [2.75, 3.05) is 30.0 Å². The predicted octanol–water partition coefficient (Wildman–Crippen LogP) is -0.306. The highest BCUT2D eigenvalue weighted by Crippen LogP contribution is 2.20. The Morgan fingerprint density at radius 1 is 1.18 bits per heavy atom. The number of nitrogens with one attached hydrogen (secondary N) is 3. The van der Waals surface area contributed by atoms with Crippen LogP contribution in [0.4, 0.5) is 16.2 Å². The number of ether oxygens (including phenoxy) is 1. The van der Waals surface area contributed by atoms with Crippen LogP contribution in [-0.4, -0.2) is 55.6 Å². The van der Waals surface area contributed by atoms with Gasteiger partial charge in [-0.05, 0) is 43.5 Å². The molecule has 10 nitrogen and oxygen atoms in total. The maximum atomic E-state index is 12.4. The summed E-state index contributed by atoms with van der Waals surface area (Å²) in [5.41, 5.74) is 6.34. The first kappa shape index (κ1) is 19.6. The quantitative estimate of drug-likeness (QED) is 0.494. The third-order valence-electron chi connectivity index (χ3n) is 4.69. The number of amides is 5. The molecule has 1 atom stereocenters. The topological polar surface area (TPSA) is 143 Å². The number of urea groups is 1. The van der Waals surface area contributed by atoms with Gasteiger partial charge < -0.3 is 31.3 Å². The number of rotatable bonds is 6. The number of morpholine rings is 1. The fourth-order valence-corrected chi connectivity index (χ4v) is 2.91. The summed E-state index contributed by atoms with van der Waals surface area (Å²) >= 11 is 0. The van der Waals surface area contributed by atoms with Crippen LogP contribution in [0.1, 0.15) is 19.3 Å². The molecule has 2 fully saturated rings. The second-order valence-electron chi connectivity index (χ2n) is 6.72. The first-order chi connectivity index (χ1) is 13.4. The smallest absolute Gasteiger partial charge is 0.316 e. The predicted molar refractivity (Wildman–Crippen MR) is 101 cm³/mol. The molecule has 0 radical (unpaired) electrons. The highest BCUT2D eigenvalue weighted by atomic mass is 16.5. The van der Waals surface area contributed by atoms with Crippen molar-refractivity contribution < 1.29 is 23.9 Å². The minimum absolute atomic E-state index is 0.0351. The van der Waals surface area contributed by atoms with Crippen LogP contribution in [0, 0.1) is 0 Å². The first-order valence-electron chi connectivity index (χ1n) is 9.09. The zero-order valence-corrected chi connectivity index (χ0v) is 15.3. The highest BCUT2D eigenvalue weighted by molar-refractivity contribution is 6.11. The molecule has 10 heteroatoms. The van der Waals surface area contributed by atoms with Gasteiger partial charge in [-0.25, -0.2) is 4.79 Å². The van der Waals surface area contributed by atoms with E-state index in [9.17, 15) is 19.2 Å². The molecule has 1 saturated heterocycles. The van der Waals surface area contributed by atoms with E-state index in [1.807, 2.05) is 0 Å². The van der Waals surface area contributed by atoms with E-state index in [0.29, 0.717) is 24.5 Å². The largest absolute Gasteiger partial charge is 0.370 e. The molecule has 28 heavy (non-hydrogen) atoms. The van der Waals surface area contributed by atoms with Crippen molar-refractivity contribution in [1.29, 1.82) is 0 Å². The van der Waals surface area contributed by atoms with E-state index in [1.54, 1.807) is 29.2 Å². The summed E-state index contributed by atoms with van der Waals surface area (Å²) in [6, 6.07) is 4.51. The van der Waals surface area contributed by atoms with E-state index < -0.39 is 23.9 Å². The number of carbonyl (C=O) groups is 4. The number of carbonyl (C=O) groups excluding carboxylic acids is 4. The summed E-state index contributed by atoms with van der Waals surface area (Å²) in [7, 11) is 0. The lowest BCUT2D eigenvalue weighted by Gasteiger charge is -2.27. The lowest BCUT2D eigenvalue weighted by atomic mass is 9.93. The Bertz CT molecular complexity index is 762. The van der Waals surface area contributed by atoms with Gasteiger partial charge >= 0.3 is 6.03 Å². The van der Waals surface area contributed by atoms with Crippen LogP contribution in [0.2, 0.25) is 0 Å². The molecular formula is C18H23N5O5. The summed E-state index contributed by atoms with van der Waals surface area (Å²) in [4.78, 5) is 49.3. The Hall–Kier alpha value is -3.14. The van der Waals surface area contributed by atoms with Crippen molar-refractivity contribution in [2.45, 2.75) is 31.3 Å². The molecule has 0 bridgehead atoms. The molecule has 1 aromatic carbocycles. The van der Waals surface area contributed by atoms with Gasteiger partial charge in [0.05, 0.1) is 6.61 Å². The summed E-state index contributed by atoms with van der Waals surface area (Å²) in [6.07, 6.45) is 2.79. The summed E-state index contributed by atoms with van der Waals surface area (Å²) in [5, 5.41) is 7.52. The molecule has 0 aromatic heterocycles. The normalized spacial score (nSPS) is 18.0. The number of nitrogens with zero attached hydrogens (tertiary/aromatic N) is 1. The van der Waals surface area contributed by atoms with E-state index >= 15 is 0 Å². The van der Waals surface area contributed by atoms with E-state index in [-0.39, 0.29) is 18.6 Å². The van der Waals surface area contributed by atoms with Gasteiger partial charge in [-0.15, -0.1) is 0 Å². The van der Waals surface area contributed by atoms with Crippen LogP contribution in [-0.2, 0) is 19.1 Å². The van der Waals surface area contributed by atoms with Gasteiger partial charge in [-0.3, -0.25) is 14.4 Å². The zero-order valence-electron chi connectivity index (χ0n) is 15.3. The van der Waals surface area contributed by atoms with Crippen LogP contribution >= 0.6 is 0 Å². The molecule has 1 aromatic rings. The van der Waals surface area contributed by atoms with Crippen LogP contribution in [0.5, 0.6) is 0 Å². The molecule has 0 spiro atoms. The van der Waals surface area contributed by atoms with Crippen LogP contribution in [0.25, 0.3) is 0 Å². The van der Waals surface area contributed by atoms with Gasteiger partial charge in [0, 0.05) is 24.0 Å². The van der Waals surface area contributed by atoms with Crippen LogP contribution in [0.15, 0.2) is 24.3 Å². The Morgan fingerprint density at radius 3 is 2.46 bits per heavy atom. The van der Waals surface area contributed by atoms with Crippen molar-refractivity contribution in [2.24, 2.45) is 5.73 Å². The molecule has 1 aliphatic carbocycles. The third-order valence-corrected chi connectivity index (χ3v) is 4.69. The SMILES string of the molecule is NC(=O)[C@H](NC(=O)NC1CCC1)C(=O)Nc1ccc(N2CCOCC2=O)cc1. The Balaban J connectivity index is 1.58. The fraction of sp³-hybridized carbons (Fsp3) is 0.444. The lowest BCUT2D eigenvalue weighted by molar-refractivity contribution is -0.128. The van der Waals surface area contributed by atoms with Gasteiger partial charge in [0.2, 0.25) is 5.91 Å². The Kier molecular flexibility index (Phi) is 6.09. The summed E-state index contributed by atoms with van der Waals surface area (Å²) in [6.45, 7) is 0.945. The number of hydrogen-bond acceptors (Lipinski definition) is 5. The molecule has 5 N–H and O–H groups in total. The molecule has 5 amide bonds. The first-order valence-corrected chi connectivity index (χ1v) is 9.09. The fourth-order valence-electron chi connectivity index (χ4n) is 2.91. The van der Waals surface area contributed by atoms with E-state index in [4.69, 9.17) is 10.5 Å². The zero-order chi connectivity index (χ0) is 20.1.